The fraction of sp³-hybridized carbons (Fsp3) is 0.667. The first-order valence-corrected chi connectivity index (χ1v) is 7.30. The standard InChI is InChI=1S/C15H23N3O.ClH/c1-9-7-13(10(2)18(9)12-5-6-12)15(19)17-8-14(16)11-3-4-11;/h7,11-12,14H,3-6,8,16H2,1-2H3,(H,17,19);1H. The Hall–Kier alpha value is -1.000. The highest BCUT2D eigenvalue weighted by molar-refractivity contribution is 5.95. The van der Waals surface area contributed by atoms with Crippen LogP contribution in [0.25, 0.3) is 0 Å². The summed E-state index contributed by atoms with van der Waals surface area (Å²) in [7, 11) is 0. The number of nitrogens with one attached hydrogen (secondary N) is 1. The Morgan fingerprint density at radius 2 is 2.05 bits per heavy atom. The molecule has 1 aromatic rings. The van der Waals surface area contributed by atoms with Gasteiger partial charge in [0.25, 0.3) is 5.91 Å². The lowest BCUT2D eigenvalue weighted by molar-refractivity contribution is 0.0949. The van der Waals surface area contributed by atoms with E-state index in [1.807, 2.05) is 13.0 Å². The molecule has 2 aliphatic carbocycles. The molecule has 2 aliphatic rings. The van der Waals surface area contributed by atoms with Gasteiger partial charge in [-0.2, -0.15) is 0 Å². The summed E-state index contributed by atoms with van der Waals surface area (Å²) in [4.78, 5) is 12.2. The number of hydrogen-bond acceptors (Lipinski definition) is 2. The van der Waals surface area contributed by atoms with Crippen molar-refractivity contribution >= 4 is 18.3 Å². The first-order chi connectivity index (χ1) is 9.08. The Labute approximate surface area is 126 Å². The van der Waals surface area contributed by atoms with Gasteiger partial charge in [-0.1, -0.05) is 0 Å². The molecule has 0 aliphatic heterocycles. The van der Waals surface area contributed by atoms with Crippen molar-refractivity contribution in [3.63, 3.8) is 0 Å². The smallest absolute Gasteiger partial charge is 0.253 e. The van der Waals surface area contributed by atoms with E-state index in [4.69, 9.17) is 5.73 Å². The van der Waals surface area contributed by atoms with E-state index in [-0.39, 0.29) is 24.4 Å². The minimum Gasteiger partial charge on any atom is -0.350 e. The summed E-state index contributed by atoms with van der Waals surface area (Å²) in [6.45, 7) is 4.72. The predicted molar refractivity (Wildman–Crippen MR) is 82.5 cm³/mol. The molecule has 1 unspecified atom stereocenters. The molecule has 4 nitrogen and oxygen atoms in total. The largest absolute Gasteiger partial charge is 0.350 e. The van der Waals surface area contributed by atoms with Gasteiger partial charge in [-0.3, -0.25) is 4.79 Å². The van der Waals surface area contributed by atoms with E-state index in [0.717, 1.165) is 11.3 Å². The fourth-order valence-corrected chi connectivity index (χ4v) is 2.90. The number of carbonyl (C=O) groups is 1. The lowest BCUT2D eigenvalue weighted by Gasteiger charge is -2.12. The highest BCUT2D eigenvalue weighted by Gasteiger charge is 2.30. The van der Waals surface area contributed by atoms with Crippen molar-refractivity contribution in [2.45, 2.75) is 51.6 Å². The van der Waals surface area contributed by atoms with Crippen LogP contribution in [0.15, 0.2) is 6.07 Å². The number of aromatic nitrogens is 1. The van der Waals surface area contributed by atoms with Crippen molar-refractivity contribution in [3.05, 3.63) is 23.0 Å². The molecule has 2 fully saturated rings. The summed E-state index contributed by atoms with van der Waals surface area (Å²) in [5, 5.41) is 2.98. The van der Waals surface area contributed by atoms with E-state index in [1.54, 1.807) is 0 Å². The molecule has 0 radical (unpaired) electrons. The Kier molecular flexibility index (Phi) is 4.45. The van der Waals surface area contributed by atoms with Gasteiger partial charge in [0.15, 0.2) is 0 Å². The van der Waals surface area contributed by atoms with Crippen LogP contribution in [0.4, 0.5) is 0 Å². The molecule has 112 valence electrons. The third-order valence-corrected chi connectivity index (χ3v) is 4.37. The first kappa shape index (κ1) is 15.4. The minimum atomic E-state index is 0. The second-order valence-corrected chi connectivity index (χ2v) is 6.10. The summed E-state index contributed by atoms with van der Waals surface area (Å²) < 4.78 is 2.30. The van der Waals surface area contributed by atoms with Crippen molar-refractivity contribution in [2.75, 3.05) is 6.54 Å². The quantitative estimate of drug-likeness (QED) is 0.876. The van der Waals surface area contributed by atoms with Crippen LogP contribution in [0.2, 0.25) is 0 Å². The van der Waals surface area contributed by atoms with Gasteiger partial charge in [0.05, 0.1) is 5.56 Å². The van der Waals surface area contributed by atoms with Crippen molar-refractivity contribution in [1.82, 2.24) is 9.88 Å². The third kappa shape index (κ3) is 3.01. The number of hydrogen-bond donors (Lipinski definition) is 2. The summed E-state index contributed by atoms with van der Waals surface area (Å²) in [5.74, 6) is 0.648. The molecular weight excluding hydrogens is 274 g/mol. The zero-order chi connectivity index (χ0) is 13.6. The van der Waals surface area contributed by atoms with E-state index in [9.17, 15) is 4.79 Å². The molecule has 2 saturated carbocycles. The number of nitrogens with zero attached hydrogens (tertiary/aromatic N) is 1. The van der Waals surface area contributed by atoms with Crippen molar-refractivity contribution in [2.24, 2.45) is 11.7 Å². The van der Waals surface area contributed by atoms with Crippen LogP contribution in [-0.4, -0.2) is 23.1 Å². The fourth-order valence-electron chi connectivity index (χ4n) is 2.90. The van der Waals surface area contributed by atoms with Gasteiger partial charge >= 0.3 is 0 Å². The monoisotopic (exact) mass is 297 g/mol. The van der Waals surface area contributed by atoms with E-state index < -0.39 is 0 Å². The molecule has 1 heterocycles. The Balaban J connectivity index is 0.00000147. The third-order valence-electron chi connectivity index (χ3n) is 4.37. The maximum atomic E-state index is 12.2. The lowest BCUT2D eigenvalue weighted by atomic mass is 10.2. The number of aryl methyl sites for hydroxylation is 1. The zero-order valence-corrected chi connectivity index (χ0v) is 13.0. The van der Waals surface area contributed by atoms with Crippen LogP contribution in [0, 0.1) is 19.8 Å². The van der Waals surface area contributed by atoms with Gasteiger partial charge in [0.1, 0.15) is 0 Å². The van der Waals surface area contributed by atoms with Gasteiger partial charge < -0.3 is 15.6 Å². The maximum absolute atomic E-state index is 12.2. The molecule has 0 bridgehead atoms. The summed E-state index contributed by atoms with van der Waals surface area (Å²) >= 11 is 0. The van der Waals surface area contributed by atoms with E-state index >= 15 is 0 Å². The first-order valence-electron chi connectivity index (χ1n) is 7.30. The van der Waals surface area contributed by atoms with E-state index in [1.165, 1.54) is 31.4 Å². The SMILES string of the molecule is Cc1cc(C(=O)NCC(N)C2CC2)c(C)n1C1CC1.Cl. The maximum Gasteiger partial charge on any atom is 0.253 e. The van der Waals surface area contributed by atoms with Crippen molar-refractivity contribution in [3.8, 4) is 0 Å². The van der Waals surface area contributed by atoms with Crippen LogP contribution >= 0.6 is 12.4 Å². The topological polar surface area (TPSA) is 60.1 Å². The molecule has 1 atom stereocenters. The van der Waals surface area contributed by atoms with Gasteiger partial charge in [-0.05, 0) is 51.5 Å². The lowest BCUT2D eigenvalue weighted by Crippen LogP contribution is -2.38. The van der Waals surface area contributed by atoms with Crippen molar-refractivity contribution < 1.29 is 4.79 Å². The molecule has 0 spiro atoms. The second-order valence-electron chi connectivity index (χ2n) is 6.10. The van der Waals surface area contributed by atoms with Gasteiger partial charge in [0.2, 0.25) is 0 Å². The molecule has 5 heteroatoms. The Morgan fingerprint density at radius 3 is 2.60 bits per heavy atom. The zero-order valence-electron chi connectivity index (χ0n) is 12.2. The normalized spacial score (nSPS) is 19.4. The molecule has 1 aromatic heterocycles. The molecule has 0 saturated heterocycles. The van der Waals surface area contributed by atoms with Crippen LogP contribution < -0.4 is 11.1 Å². The van der Waals surface area contributed by atoms with Crippen LogP contribution in [0.3, 0.4) is 0 Å². The molecule has 0 aromatic carbocycles. The van der Waals surface area contributed by atoms with Crippen LogP contribution in [-0.2, 0) is 0 Å². The number of carbonyl (C=O) groups excluding carboxylic acids is 1. The second kappa shape index (κ2) is 5.78. The molecule has 3 rings (SSSR count). The number of halogens is 1. The highest BCUT2D eigenvalue weighted by atomic mass is 35.5. The number of nitrogens with two attached hydrogens (primary N) is 1. The number of rotatable bonds is 5. The van der Waals surface area contributed by atoms with E-state index in [0.29, 0.717) is 18.5 Å². The van der Waals surface area contributed by atoms with Crippen molar-refractivity contribution in [1.29, 1.82) is 0 Å². The summed E-state index contributed by atoms with van der Waals surface area (Å²) in [5.41, 5.74) is 9.12. The van der Waals surface area contributed by atoms with Gasteiger partial charge in [-0.15, -0.1) is 12.4 Å². The van der Waals surface area contributed by atoms with Gasteiger partial charge in [-0.25, -0.2) is 0 Å². The summed E-state index contributed by atoms with van der Waals surface area (Å²) in [6, 6.07) is 2.75. The van der Waals surface area contributed by atoms with Gasteiger partial charge in [0, 0.05) is 30.0 Å². The molecular formula is C15H24ClN3O. The summed E-state index contributed by atoms with van der Waals surface area (Å²) in [6.07, 6.45) is 4.91. The molecule has 1 amide bonds. The average molecular weight is 298 g/mol. The molecule has 3 N–H and O–H groups in total. The van der Waals surface area contributed by atoms with E-state index in [2.05, 4.69) is 16.8 Å². The van der Waals surface area contributed by atoms with Crippen LogP contribution in [0.5, 0.6) is 0 Å². The minimum absolute atomic E-state index is 0. The number of amides is 1. The van der Waals surface area contributed by atoms with Crippen LogP contribution in [0.1, 0.15) is 53.5 Å². The average Bonchev–Trinajstić information content (AvgIpc) is 3.25. The Morgan fingerprint density at radius 1 is 1.40 bits per heavy atom. The highest BCUT2D eigenvalue weighted by Crippen LogP contribution is 2.38. The predicted octanol–water partition coefficient (Wildman–Crippen LogP) is 2.33. The molecule has 20 heavy (non-hydrogen) atoms. The Bertz CT molecular complexity index is 503.